The number of hydrogen-bond donors (Lipinski definition) is 3. The van der Waals surface area contributed by atoms with E-state index in [-0.39, 0.29) is 16.8 Å². The largest absolute Gasteiger partial charge is 0.501 e. The van der Waals surface area contributed by atoms with Gasteiger partial charge in [0.1, 0.15) is 0 Å². The van der Waals surface area contributed by atoms with Crippen LogP contribution in [0.2, 0.25) is 0 Å². The molecule has 0 aromatic heterocycles. The van der Waals surface area contributed by atoms with Crippen LogP contribution in [-0.4, -0.2) is 10.0 Å². The van der Waals surface area contributed by atoms with Gasteiger partial charge in [0, 0.05) is 6.07 Å². The number of phenolic OH excluding ortho intramolecular Hbond substituents is 1. The molecule has 0 aliphatic heterocycles. The van der Waals surface area contributed by atoms with Crippen LogP contribution >= 0.6 is 0 Å². The van der Waals surface area contributed by atoms with E-state index in [4.69, 9.17) is 5.84 Å². The second-order valence-corrected chi connectivity index (χ2v) is 4.53. The minimum absolute atomic E-state index is 0.163. The van der Waals surface area contributed by atoms with Crippen molar-refractivity contribution in [3.63, 3.8) is 0 Å². The van der Waals surface area contributed by atoms with E-state index in [1.54, 1.807) is 6.07 Å². The van der Waals surface area contributed by atoms with Crippen LogP contribution in [0.4, 0.5) is 11.4 Å². The molecule has 0 unspecified atom stereocenters. The quantitative estimate of drug-likeness (QED) is 0.324. The third kappa shape index (κ3) is 2.47. The van der Waals surface area contributed by atoms with Crippen LogP contribution in [0, 0.1) is 10.1 Å². The molecule has 17 heavy (non-hydrogen) atoms. The van der Waals surface area contributed by atoms with Gasteiger partial charge in [0.05, 0.1) is 10.6 Å². The average molecular weight is 239 g/mol. The zero-order valence-corrected chi connectivity index (χ0v) is 10.2. The Bertz CT molecular complexity index is 444. The summed E-state index contributed by atoms with van der Waals surface area (Å²) in [5.74, 6) is 4.80. The van der Waals surface area contributed by atoms with Gasteiger partial charge in [0.25, 0.3) is 0 Å². The molecule has 6 heteroatoms. The molecule has 1 aromatic rings. The number of nitrogen functional groups attached to an aromatic ring is 1. The van der Waals surface area contributed by atoms with Crippen LogP contribution in [0.25, 0.3) is 0 Å². The first-order valence-electron chi connectivity index (χ1n) is 5.32. The van der Waals surface area contributed by atoms with Crippen molar-refractivity contribution < 1.29 is 10.0 Å². The molecule has 0 amide bonds. The van der Waals surface area contributed by atoms with Crippen molar-refractivity contribution in [2.45, 2.75) is 32.6 Å². The molecular formula is C11H17N3O3. The second kappa shape index (κ2) is 4.58. The predicted molar refractivity (Wildman–Crippen MR) is 65.9 cm³/mol. The van der Waals surface area contributed by atoms with Gasteiger partial charge in [-0.2, -0.15) is 0 Å². The van der Waals surface area contributed by atoms with Crippen molar-refractivity contribution in [3.05, 3.63) is 27.8 Å². The van der Waals surface area contributed by atoms with Gasteiger partial charge in [0.15, 0.2) is 0 Å². The van der Waals surface area contributed by atoms with Crippen LogP contribution in [0.1, 0.15) is 32.8 Å². The molecule has 0 fully saturated rings. The number of nitrogens with one attached hydrogen (secondary N) is 1. The molecule has 1 aromatic carbocycles. The third-order valence-corrected chi connectivity index (χ3v) is 3.11. The van der Waals surface area contributed by atoms with Crippen molar-refractivity contribution in [2.24, 2.45) is 5.84 Å². The zero-order valence-electron chi connectivity index (χ0n) is 10.2. The van der Waals surface area contributed by atoms with E-state index in [9.17, 15) is 15.2 Å². The minimum atomic E-state index is -0.620. The maximum atomic E-state index is 10.8. The lowest BCUT2D eigenvalue weighted by atomic mass is 9.82. The Hall–Kier alpha value is -1.82. The Morgan fingerprint density at radius 2 is 2.12 bits per heavy atom. The number of rotatable bonds is 4. The number of anilines is 1. The fourth-order valence-electron chi connectivity index (χ4n) is 1.46. The molecule has 0 heterocycles. The summed E-state index contributed by atoms with van der Waals surface area (Å²) in [5.41, 5.74) is 2.64. The van der Waals surface area contributed by atoms with E-state index in [1.165, 1.54) is 6.07 Å². The number of nitrogens with two attached hydrogens (primary N) is 1. The maximum Gasteiger partial charge on any atom is 0.313 e. The summed E-state index contributed by atoms with van der Waals surface area (Å²) in [6, 6.07) is 3.02. The Balaban J connectivity index is 3.45. The van der Waals surface area contributed by atoms with Crippen molar-refractivity contribution in [1.82, 2.24) is 0 Å². The van der Waals surface area contributed by atoms with Gasteiger partial charge in [-0.15, -0.1) is 0 Å². The van der Waals surface area contributed by atoms with E-state index < -0.39 is 10.7 Å². The van der Waals surface area contributed by atoms with Crippen molar-refractivity contribution in [3.8, 4) is 5.75 Å². The minimum Gasteiger partial charge on any atom is -0.501 e. The molecule has 0 aliphatic rings. The molecule has 0 aliphatic carbocycles. The Kier molecular flexibility index (Phi) is 3.57. The highest BCUT2D eigenvalue weighted by Crippen LogP contribution is 2.39. The first-order chi connectivity index (χ1) is 7.83. The lowest BCUT2D eigenvalue weighted by molar-refractivity contribution is -0.385. The summed E-state index contributed by atoms with van der Waals surface area (Å²) in [5, 5.41) is 20.5. The van der Waals surface area contributed by atoms with E-state index in [1.807, 2.05) is 20.8 Å². The molecule has 0 atom stereocenters. The summed E-state index contributed by atoms with van der Waals surface area (Å²) in [6.45, 7) is 5.95. The highest BCUT2D eigenvalue weighted by Gasteiger charge is 2.25. The zero-order chi connectivity index (χ0) is 13.2. The van der Waals surface area contributed by atoms with Gasteiger partial charge in [-0.1, -0.05) is 20.8 Å². The normalized spacial score (nSPS) is 11.3. The fraction of sp³-hybridized carbons (Fsp3) is 0.455. The molecule has 1 rings (SSSR count). The van der Waals surface area contributed by atoms with Crippen LogP contribution in [0.5, 0.6) is 5.75 Å². The monoisotopic (exact) mass is 239 g/mol. The SMILES string of the molecule is CCC(C)(C)c1cc(NN)c(O)c([N+](=O)[O-])c1. The number of phenols is 1. The molecular weight excluding hydrogens is 222 g/mol. The molecule has 0 saturated carbocycles. The summed E-state index contributed by atoms with van der Waals surface area (Å²) in [4.78, 5) is 10.2. The molecule has 0 radical (unpaired) electrons. The maximum absolute atomic E-state index is 10.8. The van der Waals surface area contributed by atoms with Gasteiger partial charge in [-0.3, -0.25) is 16.0 Å². The van der Waals surface area contributed by atoms with Gasteiger partial charge in [-0.25, -0.2) is 0 Å². The number of nitro benzene ring substituents is 1. The van der Waals surface area contributed by atoms with Crippen LogP contribution in [-0.2, 0) is 5.41 Å². The lowest BCUT2D eigenvalue weighted by Crippen LogP contribution is -2.17. The fourth-order valence-corrected chi connectivity index (χ4v) is 1.46. The van der Waals surface area contributed by atoms with Crippen LogP contribution < -0.4 is 11.3 Å². The molecule has 0 spiro atoms. The van der Waals surface area contributed by atoms with Gasteiger partial charge >= 0.3 is 5.69 Å². The highest BCUT2D eigenvalue weighted by molar-refractivity contribution is 5.67. The topological polar surface area (TPSA) is 101 Å². The van der Waals surface area contributed by atoms with E-state index >= 15 is 0 Å². The van der Waals surface area contributed by atoms with Crippen molar-refractivity contribution in [2.75, 3.05) is 5.43 Å². The number of nitrogens with zero attached hydrogens (tertiary/aromatic N) is 1. The number of benzene rings is 1. The molecule has 94 valence electrons. The van der Waals surface area contributed by atoms with Gasteiger partial charge < -0.3 is 10.5 Å². The van der Waals surface area contributed by atoms with Crippen molar-refractivity contribution in [1.29, 1.82) is 0 Å². The highest BCUT2D eigenvalue weighted by atomic mass is 16.6. The first kappa shape index (κ1) is 13.2. The molecule has 6 nitrogen and oxygen atoms in total. The Morgan fingerprint density at radius 1 is 1.53 bits per heavy atom. The molecule has 0 bridgehead atoms. The standard InChI is InChI=1S/C11H17N3O3/c1-4-11(2,3)7-5-8(13-12)10(15)9(6-7)14(16)17/h5-6,13,15H,4,12H2,1-3H3. The smallest absolute Gasteiger partial charge is 0.313 e. The van der Waals surface area contributed by atoms with Crippen molar-refractivity contribution >= 4 is 11.4 Å². The number of hydrazine groups is 1. The summed E-state index contributed by atoms with van der Waals surface area (Å²) >= 11 is 0. The molecule has 4 N–H and O–H groups in total. The van der Waals surface area contributed by atoms with Crippen LogP contribution in [0.3, 0.4) is 0 Å². The third-order valence-electron chi connectivity index (χ3n) is 3.11. The Morgan fingerprint density at radius 3 is 2.53 bits per heavy atom. The molecule has 0 saturated heterocycles. The first-order valence-corrected chi connectivity index (χ1v) is 5.32. The van der Waals surface area contributed by atoms with Gasteiger partial charge in [-0.05, 0) is 23.5 Å². The summed E-state index contributed by atoms with van der Waals surface area (Å²) < 4.78 is 0. The summed E-state index contributed by atoms with van der Waals surface area (Å²) in [7, 11) is 0. The predicted octanol–water partition coefficient (Wildman–Crippen LogP) is 2.27. The lowest BCUT2D eigenvalue weighted by Gasteiger charge is -2.24. The average Bonchev–Trinajstić information content (AvgIpc) is 2.28. The Labute approximate surface area is 99.6 Å². The number of nitro groups is 1. The van der Waals surface area contributed by atoms with Crippen LogP contribution in [0.15, 0.2) is 12.1 Å². The second-order valence-electron chi connectivity index (χ2n) is 4.53. The van der Waals surface area contributed by atoms with E-state index in [0.717, 1.165) is 12.0 Å². The van der Waals surface area contributed by atoms with Gasteiger partial charge in [0.2, 0.25) is 5.75 Å². The van der Waals surface area contributed by atoms with E-state index in [2.05, 4.69) is 5.43 Å². The van der Waals surface area contributed by atoms with E-state index in [0.29, 0.717) is 0 Å². The summed E-state index contributed by atoms with van der Waals surface area (Å²) in [6.07, 6.45) is 0.818. The number of hydrogen-bond acceptors (Lipinski definition) is 5. The number of aromatic hydroxyl groups is 1.